The zero-order valence-corrected chi connectivity index (χ0v) is 16.3. The number of aromatic nitrogens is 2. The number of hydrogen-bond donors (Lipinski definition) is 0. The van der Waals surface area contributed by atoms with Crippen molar-refractivity contribution in [2.45, 2.75) is 13.8 Å². The summed E-state index contributed by atoms with van der Waals surface area (Å²) in [6.07, 6.45) is 1.75. The van der Waals surface area contributed by atoms with Crippen LogP contribution in [-0.2, 0) is 0 Å². The Labute approximate surface area is 167 Å². The molecule has 0 bridgehead atoms. The number of benzene rings is 2. The Morgan fingerprint density at radius 3 is 2.32 bits per heavy atom. The minimum absolute atomic E-state index is 0.00502. The lowest BCUT2D eigenvalue weighted by Crippen LogP contribution is -2.21. The molecule has 3 rings (SSSR count). The fourth-order valence-electron chi connectivity index (χ4n) is 2.74. The average Bonchev–Trinajstić information content (AvgIpc) is 3.20. The molecule has 7 nitrogen and oxygen atoms in total. The van der Waals surface area contributed by atoms with Gasteiger partial charge in [0.2, 0.25) is 5.89 Å². The van der Waals surface area contributed by atoms with Crippen molar-refractivity contribution in [3.63, 3.8) is 0 Å². The molecule has 1 aromatic heterocycles. The van der Waals surface area contributed by atoms with Gasteiger partial charge in [-0.3, -0.25) is 10.1 Å². The van der Waals surface area contributed by atoms with E-state index in [1.807, 2.05) is 24.3 Å². The Bertz CT molecular complexity index is 977. The van der Waals surface area contributed by atoms with E-state index < -0.39 is 4.92 Å². The first-order valence-electron chi connectivity index (χ1n) is 8.82. The molecule has 0 radical (unpaired) electrons. The van der Waals surface area contributed by atoms with Crippen molar-refractivity contribution in [3.05, 3.63) is 70.1 Å². The summed E-state index contributed by atoms with van der Waals surface area (Å²) in [6, 6.07) is 13.9. The highest BCUT2D eigenvalue weighted by atomic mass is 35.5. The summed E-state index contributed by atoms with van der Waals surface area (Å²) in [5, 5.41) is 19.0. The molecule has 0 atom stereocenters. The van der Waals surface area contributed by atoms with Crippen LogP contribution in [0.4, 0.5) is 11.4 Å². The van der Waals surface area contributed by atoms with Gasteiger partial charge < -0.3 is 9.32 Å². The summed E-state index contributed by atoms with van der Waals surface area (Å²) in [4.78, 5) is 12.5. The monoisotopic (exact) mass is 398 g/mol. The van der Waals surface area contributed by atoms with Crippen LogP contribution in [0, 0.1) is 10.1 Å². The maximum absolute atomic E-state index is 10.7. The molecule has 28 heavy (non-hydrogen) atoms. The fourth-order valence-corrected chi connectivity index (χ4v) is 2.94. The van der Waals surface area contributed by atoms with Gasteiger partial charge in [0.15, 0.2) is 0 Å². The number of anilines is 1. The van der Waals surface area contributed by atoms with Crippen LogP contribution >= 0.6 is 11.6 Å². The molecule has 144 valence electrons. The van der Waals surface area contributed by atoms with Gasteiger partial charge in [-0.1, -0.05) is 23.7 Å². The maximum atomic E-state index is 10.7. The first kappa shape index (κ1) is 19.6. The van der Waals surface area contributed by atoms with E-state index in [1.165, 1.54) is 12.1 Å². The van der Waals surface area contributed by atoms with Crippen LogP contribution in [0.15, 0.2) is 52.9 Å². The summed E-state index contributed by atoms with van der Waals surface area (Å²) < 4.78 is 5.60. The van der Waals surface area contributed by atoms with Gasteiger partial charge in [-0.05, 0) is 49.8 Å². The van der Waals surface area contributed by atoms with E-state index in [4.69, 9.17) is 16.0 Å². The van der Waals surface area contributed by atoms with Crippen molar-refractivity contribution in [1.82, 2.24) is 10.2 Å². The van der Waals surface area contributed by atoms with Crippen LogP contribution in [0.2, 0.25) is 0 Å². The van der Waals surface area contributed by atoms with E-state index in [1.54, 1.807) is 18.2 Å². The van der Waals surface area contributed by atoms with E-state index in [2.05, 4.69) is 28.9 Å². The van der Waals surface area contributed by atoms with E-state index in [0.717, 1.165) is 24.3 Å². The number of rotatable bonds is 7. The van der Waals surface area contributed by atoms with Crippen molar-refractivity contribution in [1.29, 1.82) is 0 Å². The van der Waals surface area contributed by atoms with Crippen molar-refractivity contribution in [2.75, 3.05) is 18.0 Å². The van der Waals surface area contributed by atoms with Crippen molar-refractivity contribution in [3.8, 4) is 11.5 Å². The summed E-state index contributed by atoms with van der Waals surface area (Å²) >= 11 is 6.33. The third-order valence-corrected chi connectivity index (χ3v) is 4.54. The van der Waals surface area contributed by atoms with Gasteiger partial charge >= 0.3 is 0 Å². The first-order valence-corrected chi connectivity index (χ1v) is 9.20. The summed E-state index contributed by atoms with van der Waals surface area (Å²) in [6.45, 7) is 6.12. The van der Waals surface area contributed by atoms with Gasteiger partial charge in [0.1, 0.15) is 5.03 Å². The first-order chi connectivity index (χ1) is 13.5. The molecule has 0 aliphatic heterocycles. The van der Waals surface area contributed by atoms with Crippen LogP contribution in [-0.4, -0.2) is 28.2 Å². The molecule has 0 amide bonds. The van der Waals surface area contributed by atoms with Gasteiger partial charge in [-0.15, -0.1) is 10.2 Å². The molecule has 2 aromatic carbocycles. The van der Waals surface area contributed by atoms with E-state index in [0.29, 0.717) is 10.6 Å². The van der Waals surface area contributed by atoms with Gasteiger partial charge in [0.05, 0.1) is 4.92 Å². The molecule has 0 saturated heterocycles. The second-order valence-corrected chi connectivity index (χ2v) is 6.38. The largest absolute Gasteiger partial charge is 0.415 e. The molecule has 0 fully saturated rings. The third kappa shape index (κ3) is 4.37. The lowest BCUT2D eigenvalue weighted by Gasteiger charge is -2.20. The molecule has 0 aliphatic carbocycles. The lowest BCUT2D eigenvalue weighted by molar-refractivity contribution is -0.384. The summed E-state index contributed by atoms with van der Waals surface area (Å²) in [5.74, 6) is 0.427. The van der Waals surface area contributed by atoms with Crippen molar-refractivity contribution in [2.24, 2.45) is 0 Å². The number of hydrogen-bond acceptors (Lipinski definition) is 6. The molecule has 8 heteroatoms. The molecular formula is C20H19ClN4O3. The minimum atomic E-state index is -0.464. The Hall–Kier alpha value is -3.19. The normalized spacial score (nSPS) is 11.5. The fraction of sp³-hybridized carbons (Fsp3) is 0.200. The van der Waals surface area contributed by atoms with Gasteiger partial charge in [-0.25, -0.2) is 0 Å². The standard InChI is InChI=1S/C20H19ClN4O3/c1-3-24(4-2)16-9-5-14(6-10-16)13-18(21)20-23-22-19(28-20)15-7-11-17(12-8-15)25(26)27/h5-13H,3-4H2,1-2H3/b18-13-. The van der Waals surface area contributed by atoms with E-state index in [9.17, 15) is 10.1 Å². The van der Waals surface area contributed by atoms with E-state index >= 15 is 0 Å². The molecule has 3 aromatic rings. The number of nitrogens with zero attached hydrogens (tertiary/aromatic N) is 4. The molecule has 0 unspecified atom stereocenters. The predicted octanol–water partition coefficient (Wildman–Crippen LogP) is 5.23. The molecule has 0 saturated carbocycles. The topological polar surface area (TPSA) is 85.3 Å². The highest BCUT2D eigenvalue weighted by Crippen LogP contribution is 2.27. The Morgan fingerprint density at radius 1 is 1.11 bits per heavy atom. The van der Waals surface area contributed by atoms with Gasteiger partial charge in [-0.2, -0.15) is 0 Å². The molecule has 0 aliphatic rings. The van der Waals surface area contributed by atoms with Crippen LogP contribution in [0.25, 0.3) is 22.6 Å². The highest BCUT2D eigenvalue weighted by Gasteiger charge is 2.13. The van der Waals surface area contributed by atoms with Crippen LogP contribution in [0.1, 0.15) is 25.3 Å². The van der Waals surface area contributed by atoms with E-state index in [-0.39, 0.29) is 17.5 Å². The highest BCUT2D eigenvalue weighted by molar-refractivity contribution is 6.50. The van der Waals surface area contributed by atoms with Gasteiger partial charge in [0, 0.05) is 36.5 Å². The molecular weight excluding hydrogens is 380 g/mol. The average molecular weight is 399 g/mol. The quantitative estimate of drug-likeness (QED) is 0.400. The SMILES string of the molecule is CCN(CC)c1ccc(/C=C(\Cl)c2nnc(-c3ccc([N+](=O)[O-])cc3)o2)cc1. The third-order valence-electron chi connectivity index (χ3n) is 4.27. The molecule has 0 N–H and O–H groups in total. The molecule has 0 spiro atoms. The second kappa shape index (κ2) is 8.67. The smallest absolute Gasteiger partial charge is 0.269 e. The number of non-ortho nitro benzene ring substituents is 1. The van der Waals surface area contributed by atoms with Crippen LogP contribution < -0.4 is 4.90 Å². The number of halogens is 1. The lowest BCUT2D eigenvalue weighted by atomic mass is 10.2. The Kier molecular flexibility index (Phi) is 6.06. The van der Waals surface area contributed by atoms with Crippen molar-refractivity contribution >= 4 is 34.1 Å². The van der Waals surface area contributed by atoms with Crippen molar-refractivity contribution < 1.29 is 9.34 Å². The summed E-state index contributed by atoms with van der Waals surface area (Å²) in [5.41, 5.74) is 2.64. The zero-order valence-electron chi connectivity index (χ0n) is 15.5. The minimum Gasteiger partial charge on any atom is -0.415 e. The zero-order chi connectivity index (χ0) is 20.1. The van der Waals surface area contributed by atoms with Crippen LogP contribution in [0.5, 0.6) is 0 Å². The Morgan fingerprint density at radius 2 is 1.75 bits per heavy atom. The molecule has 1 heterocycles. The number of nitro groups is 1. The predicted molar refractivity (Wildman–Crippen MR) is 110 cm³/mol. The second-order valence-electron chi connectivity index (χ2n) is 5.97. The van der Waals surface area contributed by atoms with Crippen LogP contribution in [0.3, 0.4) is 0 Å². The summed E-state index contributed by atoms with van der Waals surface area (Å²) in [7, 11) is 0. The van der Waals surface area contributed by atoms with Gasteiger partial charge in [0.25, 0.3) is 11.6 Å². The Balaban J connectivity index is 1.77. The number of nitro benzene ring substituents is 1. The maximum Gasteiger partial charge on any atom is 0.269 e.